The molecule has 0 aromatic heterocycles. The molecule has 1 saturated heterocycles. The molecule has 0 aliphatic carbocycles. The zero-order valence-electron chi connectivity index (χ0n) is 17.5. The molecular weight excluding hydrogens is 380 g/mol. The molecule has 5 heteroatoms. The summed E-state index contributed by atoms with van der Waals surface area (Å²) in [5.74, 6) is 1.07. The highest BCUT2D eigenvalue weighted by atomic mass is 32.2. The van der Waals surface area contributed by atoms with Crippen molar-refractivity contribution >= 4 is 17.7 Å². The van der Waals surface area contributed by atoms with E-state index in [-0.39, 0.29) is 17.2 Å². The van der Waals surface area contributed by atoms with E-state index in [4.69, 9.17) is 4.74 Å². The van der Waals surface area contributed by atoms with Crippen molar-refractivity contribution < 1.29 is 9.53 Å². The smallest absolute Gasteiger partial charge is 0.236 e. The highest BCUT2D eigenvalue weighted by molar-refractivity contribution is 7.99. The molecule has 0 radical (unpaired) electrons. The number of hydrogen-bond acceptors (Lipinski definition) is 4. The van der Waals surface area contributed by atoms with Crippen molar-refractivity contribution in [2.45, 2.75) is 37.4 Å². The SMILES string of the molecule is CC(SCc1ccccc1)C(=O)N(Cc1ccccc1)C(C)CN1CCOCC1. The van der Waals surface area contributed by atoms with E-state index in [0.717, 1.165) is 38.6 Å². The zero-order valence-corrected chi connectivity index (χ0v) is 18.3. The molecule has 2 aromatic rings. The number of amides is 1. The molecule has 1 heterocycles. The Hall–Kier alpha value is -1.82. The molecule has 1 amide bonds. The number of carbonyl (C=O) groups excluding carboxylic acids is 1. The summed E-state index contributed by atoms with van der Waals surface area (Å²) in [6.45, 7) is 9.19. The Balaban J connectivity index is 1.65. The number of rotatable bonds is 9. The predicted octanol–water partition coefficient (Wildman–Crippen LogP) is 4.06. The second-order valence-corrected chi connectivity index (χ2v) is 8.98. The standard InChI is InChI=1S/C24H32N2O2S/c1-20(17-25-13-15-28-16-14-25)26(18-22-9-5-3-6-10-22)24(27)21(2)29-19-23-11-7-4-8-12-23/h3-12,20-21H,13-19H2,1-2H3. The lowest BCUT2D eigenvalue weighted by molar-refractivity contribution is -0.133. The second kappa shape index (κ2) is 11.4. The Labute approximate surface area is 179 Å². The summed E-state index contributed by atoms with van der Waals surface area (Å²) in [4.78, 5) is 17.9. The minimum atomic E-state index is -0.0777. The van der Waals surface area contributed by atoms with Crippen molar-refractivity contribution in [3.05, 3.63) is 71.8 Å². The highest BCUT2D eigenvalue weighted by Crippen LogP contribution is 2.22. The van der Waals surface area contributed by atoms with Crippen molar-refractivity contribution in [2.24, 2.45) is 0 Å². The van der Waals surface area contributed by atoms with Gasteiger partial charge in [-0.25, -0.2) is 0 Å². The monoisotopic (exact) mass is 412 g/mol. The third-order valence-electron chi connectivity index (χ3n) is 5.33. The van der Waals surface area contributed by atoms with Crippen LogP contribution in [0.2, 0.25) is 0 Å². The molecule has 1 aliphatic rings. The Morgan fingerprint density at radius 1 is 1.00 bits per heavy atom. The van der Waals surface area contributed by atoms with E-state index in [1.807, 2.05) is 31.2 Å². The topological polar surface area (TPSA) is 32.8 Å². The summed E-state index contributed by atoms with van der Waals surface area (Å²) in [7, 11) is 0. The first-order valence-electron chi connectivity index (χ1n) is 10.4. The van der Waals surface area contributed by atoms with Gasteiger partial charge in [-0.05, 0) is 25.0 Å². The van der Waals surface area contributed by atoms with Crippen LogP contribution in [0.1, 0.15) is 25.0 Å². The van der Waals surface area contributed by atoms with Crippen LogP contribution in [0, 0.1) is 0 Å². The van der Waals surface area contributed by atoms with Gasteiger partial charge < -0.3 is 9.64 Å². The Morgan fingerprint density at radius 2 is 1.59 bits per heavy atom. The molecule has 0 N–H and O–H groups in total. The summed E-state index contributed by atoms with van der Waals surface area (Å²) in [5.41, 5.74) is 2.43. The summed E-state index contributed by atoms with van der Waals surface area (Å²) >= 11 is 1.72. The van der Waals surface area contributed by atoms with Crippen LogP contribution in [0.15, 0.2) is 60.7 Å². The Morgan fingerprint density at radius 3 is 2.21 bits per heavy atom. The highest BCUT2D eigenvalue weighted by Gasteiger charge is 2.27. The van der Waals surface area contributed by atoms with Crippen molar-refractivity contribution in [2.75, 3.05) is 32.8 Å². The van der Waals surface area contributed by atoms with E-state index >= 15 is 0 Å². The van der Waals surface area contributed by atoms with E-state index in [9.17, 15) is 4.79 Å². The number of hydrogen-bond donors (Lipinski definition) is 0. The van der Waals surface area contributed by atoms with Gasteiger partial charge in [0.15, 0.2) is 0 Å². The number of nitrogens with zero attached hydrogens (tertiary/aromatic N) is 2. The van der Waals surface area contributed by atoms with Gasteiger partial charge in [-0.2, -0.15) is 0 Å². The lowest BCUT2D eigenvalue weighted by atomic mass is 10.1. The van der Waals surface area contributed by atoms with Crippen LogP contribution >= 0.6 is 11.8 Å². The number of morpholine rings is 1. The van der Waals surface area contributed by atoms with Gasteiger partial charge in [0.25, 0.3) is 0 Å². The Kier molecular flexibility index (Phi) is 8.59. The number of thioether (sulfide) groups is 1. The predicted molar refractivity (Wildman–Crippen MR) is 121 cm³/mol. The van der Waals surface area contributed by atoms with Crippen LogP contribution in [-0.2, 0) is 21.8 Å². The minimum absolute atomic E-state index is 0.0777. The van der Waals surface area contributed by atoms with Crippen LogP contribution < -0.4 is 0 Å². The second-order valence-electron chi connectivity index (χ2n) is 7.65. The van der Waals surface area contributed by atoms with E-state index < -0.39 is 0 Å². The normalized spacial score (nSPS) is 16.9. The van der Waals surface area contributed by atoms with E-state index in [1.54, 1.807) is 11.8 Å². The molecule has 0 saturated carbocycles. The first kappa shape index (κ1) is 21.9. The molecular formula is C24H32N2O2S. The van der Waals surface area contributed by atoms with E-state index in [0.29, 0.717) is 6.54 Å². The van der Waals surface area contributed by atoms with Gasteiger partial charge in [0.2, 0.25) is 5.91 Å². The molecule has 29 heavy (non-hydrogen) atoms. The molecule has 156 valence electrons. The van der Waals surface area contributed by atoms with Crippen LogP contribution in [0.25, 0.3) is 0 Å². The summed E-state index contributed by atoms with van der Waals surface area (Å²) in [6, 6.07) is 20.8. The van der Waals surface area contributed by atoms with E-state index in [1.165, 1.54) is 11.1 Å². The van der Waals surface area contributed by atoms with Gasteiger partial charge in [0.05, 0.1) is 18.5 Å². The fourth-order valence-electron chi connectivity index (χ4n) is 3.59. The molecule has 0 spiro atoms. The molecule has 1 fully saturated rings. The van der Waals surface area contributed by atoms with Gasteiger partial charge in [0, 0.05) is 38.0 Å². The first-order valence-corrected chi connectivity index (χ1v) is 11.5. The molecule has 4 nitrogen and oxygen atoms in total. The fourth-order valence-corrected chi connectivity index (χ4v) is 4.50. The lowest BCUT2D eigenvalue weighted by Crippen LogP contribution is -2.49. The Bertz CT molecular complexity index is 735. The maximum Gasteiger partial charge on any atom is 0.236 e. The maximum absolute atomic E-state index is 13.4. The molecule has 2 aromatic carbocycles. The molecule has 0 bridgehead atoms. The maximum atomic E-state index is 13.4. The van der Waals surface area contributed by atoms with Crippen molar-refractivity contribution in [1.29, 1.82) is 0 Å². The molecule has 1 aliphatic heterocycles. The van der Waals surface area contributed by atoms with Gasteiger partial charge in [-0.15, -0.1) is 11.8 Å². The fraction of sp³-hybridized carbons (Fsp3) is 0.458. The summed E-state index contributed by atoms with van der Waals surface area (Å²) in [5, 5.41) is -0.0777. The van der Waals surface area contributed by atoms with Crippen molar-refractivity contribution in [1.82, 2.24) is 9.80 Å². The number of ether oxygens (including phenoxy) is 1. The van der Waals surface area contributed by atoms with Crippen LogP contribution in [0.4, 0.5) is 0 Å². The number of carbonyl (C=O) groups is 1. The van der Waals surface area contributed by atoms with Crippen molar-refractivity contribution in [3.63, 3.8) is 0 Å². The van der Waals surface area contributed by atoms with Crippen LogP contribution in [-0.4, -0.2) is 59.8 Å². The summed E-state index contributed by atoms with van der Waals surface area (Å²) < 4.78 is 5.47. The van der Waals surface area contributed by atoms with E-state index in [2.05, 4.69) is 53.1 Å². The third-order valence-corrected chi connectivity index (χ3v) is 6.53. The lowest BCUT2D eigenvalue weighted by Gasteiger charge is -2.36. The van der Waals surface area contributed by atoms with Gasteiger partial charge >= 0.3 is 0 Å². The average molecular weight is 413 g/mol. The summed E-state index contributed by atoms with van der Waals surface area (Å²) in [6.07, 6.45) is 0. The number of benzene rings is 2. The van der Waals surface area contributed by atoms with Crippen LogP contribution in [0.3, 0.4) is 0 Å². The van der Waals surface area contributed by atoms with Gasteiger partial charge in [-0.1, -0.05) is 60.7 Å². The molecule has 3 rings (SSSR count). The first-order chi connectivity index (χ1) is 14.1. The molecule has 2 unspecified atom stereocenters. The quantitative estimate of drug-likeness (QED) is 0.622. The largest absolute Gasteiger partial charge is 0.379 e. The zero-order chi connectivity index (χ0) is 20.5. The van der Waals surface area contributed by atoms with Crippen LogP contribution in [0.5, 0.6) is 0 Å². The van der Waals surface area contributed by atoms with Gasteiger partial charge in [0.1, 0.15) is 0 Å². The third kappa shape index (κ3) is 6.88. The van der Waals surface area contributed by atoms with Crippen molar-refractivity contribution in [3.8, 4) is 0 Å². The minimum Gasteiger partial charge on any atom is -0.379 e. The average Bonchev–Trinajstić information content (AvgIpc) is 2.77. The van der Waals surface area contributed by atoms with Gasteiger partial charge in [-0.3, -0.25) is 9.69 Å². The molecule has 2 atom stereocenters.